The fourth-order valence-corrected chi connectivity index (χ4v) is 5.18. The van der Waals surface area contributed by atoms with Gasteiger partial charge in [0.2, 0.25) is 17.6 Å². The maximum absolute atomic E-state index is 13.2. The number of carbonyl (C=O) groups is 1. The highest BCUT2D eigenvalue weighted by Crippen LogP contribution is 2.40. The minimum atomic E-state index is -0.323. The van der Waals surface area contributed by atoms with Crippen LogP contribution < -0.4 is 10.1 Å². The molecule has 7 nitrogen and oxygen atoms in total. The number of amides is 1. The SMILES string of the molecule is Cc1ccc2c(c1)OC(C)(C)CC2NC(=O)C1CCN(Cc2nc(-c3cccc(Cl)c3)no2)CC1. The Morgan fingerprint density at radius 3 is 2.77 bits per heavy atom. The first-order valence-electron chi connectivity index (χ1n) is 12.2. The maximum Gasteiger partial charge on any atom is 0.241 e. The number of carbonyl (C=O) groups excluding carboxylic acids is 1. The first-order chi connectivity index (χ1) is 16.8. The average Bonchev–Trinajstić information content (AvgIpc) is 3.27. The van der Waals surface area contributed by atoms with Gasteiger partial charge < -0.3 is 14.6 Å². The Morgan fingerprint density at radius 2 is 2.00 bits per heavy atom. The van der Waals surface area contributed by atoms with Crippen molar-refractivity contribution in [2.24, 2.45) is 5.92 Å². The average molecular weight is 495 g/mol. The van der Waals surface area contributed by atoms with Crippen molar-refractivity contribution >= 4 is 17.5 Å². The van der Waals surface area contributed by atoms with Gasteiger partial charge in [0, 0.05) is 28.5 Å². The first kappa shape index (κ1) is 23.8. The highest BCUT2D eigenvalue weighted by atomic mass is 35.5. The lowest BCUT2D eigenvalue weighted by Crippen LogP contribution is -2.45. The predicted octanol–water partition coefficient (Wildman–Crippen LogP) is 5.33. The number of piperidine rings is 1. The molecule has 0 aliphatic carbocycles. The van der Waals surface area contributed by atoms with Crippen LogP contribution in [0.2, 0.25) is 5.02 Å². The topological polar surface area (TPSA) is 80.5 Å². The number of rotatable bonds is 5. The van der Waals surface area contributed by atoms with Crippen molar-refractivity contribution in [3.05, 3.63) is 64.5 Å². The molecule has 184 valence electrons. The molecule has 0 radical (unpaired) electrons. The second-order valence-corrected chi connectivity index (χ2v) is 10.7. The van der Waals surface area contributed by atoms with E-state index in [4.69, 9.17) is 20.9 Å². The van der Waals surface area contributed by atoms with Crippen LogP contribution >= 0.6 is 11.6 Å². The number of hydrogen-bond acceptors (Lipinski definition) is 6. The Hall–Kier alpha value is -2.90. The molecular formula is C27H31ClN4O3. The maximum atomic E-state index is 13.2. The number of fused-ring (bicyclic) bond motifs is 1. The number of ether oxygens (including phenoxy) is 1. The lowest BCUT2D eigenvalue weighted by Gasteiger charge is -2.39. The van der Waals surface area contributed by atoms with Gasteiger partial charge in [-0.3, -0.25) is 9.69 Å². The molecule has 2 aromatic carbocycles. The van der Waals surface area contributed by atoms with Crippen LogP contribution in [-0.2, 0) is 11.3 Å². The van der Waals surface area contributed by atoms with Gasteiger partial charge in [-0.05, 0) is 70.5 Å². The van der Waals surface area contributed by atoms with Gasteiger partial charge in [0.1, 0.15) is 11.4 Å². The molecule has 3 aromatic rings. The molecule has 0 spiro atoms. The quantitative estimate of drug-likeness (QED) is 0.516. The van der Waals surface area contributed by atoms with E-state index < -0.39 is 0 Å². The number of aryl methyl sites for hydroxylation is 1. The summed E-state index contributed by atoms with van der Waals surface area (Å²) < 4.78 is 11.6. The third kappa shape index (κ3) is 5.52. The molecule has 1 fully saturated rings. The van der Waals surface area contributed by atoms with Gasteiger partial charge in [-0.1, -0.05) is 41.0 Å². The molecule has 0 saturated carbocycles. The van der Waals surface area contributed by atoms with Crippen LogP contribution in [0.1, 0.15) is 56.2 Å². The standard InChI is InChI=1S/C27H31ClN4O3/c1-17-7-8-21-22(15-27(2,3)34-23(21)13-17)29-26(33)18-9-11-32(12-10-18)16-24-30-25(31-35-24)19-5-4-6-20(28)14-19/h4-8,13-14,18,22H,9-12,15-16H2,1-3H3,(H,29,33). The third-order valence-electron chi connectivity index (χ3n) is 6.81. The zero-order valence-corrected chi connectivity index (χ0v) is 21.1. The summed E-state index contributed by atoms with van der Waals surface area (Å²) in [7, 11) is 0. The summed E-state index contributed by atoms with van der Waals surface area (Å²) in [5.74, 6) is 2.10. The van der Waals surface area contributed by atoms with E-state index in [-0.39, 0.29) is 23.5 Å². The zero-order chi connectivity index (χ0) is 24.6. The van der Waals surface area contributed by atoms with Crippen LogP contribution in [-0.4, -0.2) is 39.6 Å². The van der Waals surface area contributed by atoms with E-state index in [1.165, 1.54) is 0 Å². The molecule has 3 heterocycles. The minimum Gasteiger partial charge on any atom is -0.487 e. The van der Waals surface area contributed by atoms with Crippen LogP contribution in [0.25, 0.3) is 11.4 Å². The number of benzene rings is 2. The van der Waals surface area contributed by atoms with E-state index in [1.807, 2.05) is 24.3 Å². The summed E-state index contributed by atoms with van der Waals surface area (Å²) in [4.78, 5) is 20.0. The fraction of sp³-hybridized carbons (Fsp3) is 0.444. The Kier molecular flexibility index (Phi) is 6.55. The summed E-state index contributed by atoms with van der Waals surface area (Å²) >= 11 is 6.07. The van der Waals surface area contributed by atoms with Gasteiger partial charge in [-0.15, -0.1) is 0 Å². The molecular weight excluding hydrogens is 464 g/mol. The summed E-state index contributed by atoms with van der Waals surface area (Å²) in [6, 6.07) is 13.6. The monoisotopic (exact) mass is 494 g/mol. The van der Waals surface area contributed by atoms with E-state index in [0.717, 1.165) is 54.8 Å². The number of hydrogen-bond donors (Lipinski definition) is 1. The zero-order valence-electron chi connectivity index (χ0n) is 20.4. The number of likely N-dealkylation sites (tertiary alicyclic amines) is 1. The summed E-state index contributed by atoms with van der Waals surface area (Å²) in [6.07, 6.45) is 2.35. The highest BCUT2D eigenvalue weighted by molar-refractivity contribution is 6.30. The van der Waals surface area contributed by atoms with Crippen molar-refractivity contribution in [1.29, 1.82) is 0 Å². The van der Waals surface area contributed by atoms with Crippen LogP contribution in [0, 0.1) is 12.8 Å². The second kappa shape index (κ2) is 9.63. The Morgan fingerprint density at radius 1 is 1.20 bits per heavy atom. The molecule has 0 bridgehead atoms. The van der Waals surface area contributed by atoms with Gasteiger partial charge in [0.15, 0.2) is 0 Å². The van der Waals surface area contributed by atoms with E-state index in [1.54, 1.807) is 0 Å². The smallest absolute Gasteiger partial charge is 0.241 e. The van der Waals surface area contributed by atoms with Crippen LogP contribution in [0.15, 0.2) is 47.0 Å². The lowest BCUT2D eigenvalue weighted by molar-refractivity contribution is -0.127. The third-order valence-corrected chi connectivity index (χ3v) is 7.05. The molecule has 1 amide bonds. The number of nitrogens with one attached hydrogen (secondary N) is 1. The van der Waals surface area contributed by atoms with Gasteiger partial charge >= 0.3 is 0 Å². The Labute approximate surface area is 210 Å². The van der Waals surface area contributed by atoms with Gasteiger partial charge in [-0.25, -0.2) is 0 Å². The van der Waals surface area contributed by atoms with Crippen LogP contribution in [0.3, 0.4) is 0 Å². The molecule has 1 N–H and O–H groups in total. The molecule has 2 aliphatic rings. The van der Waals surface area contributed by atoms with Gasteiger partial charge in [-0.2, -0.15) is 4.98 Å². The second-order valence-electron chi connectivity index (χ2n) is 10.2. The van der Waals surface area contributed by atoms with Crippen molar-refractivity contribution in [3.63, 3.8) is 0 Å². The normalized spacial score (nSPS) is 20.2. The molecule has 5 rings (SSSR count). The van der Waals surface area contributed by atoms with E-state index in [0.29, 0.717) is 23.3 Å². The molecule has 2 aliphatic heterocycles. The largest absolute Gasteiger partial charge is 0.487 e. The fourth-order valence-electron chi connectivity index (χ4n) is 4.99. The Balaban J connectivity index is 1.17. The van der Waals surface area contributed by atoms with E-state index in [9.17, 15) is 4.79 Å². The number of nitrogens with zero attached hydrogens (tertiary/aromatic N) is 3. The van der Waals surface area contributed by atoms with Crippen LogP contribution in [0.4, 0.5) is 0 Å². The minimum absolute atomic E-state index is 0.00388. The summed E-state index contributed by atoms with van der Waals surface area (Å²) in [5.41, 5.74) is 2.72. The predicted molar refractivity (Wildman–Crippen MR) is 134 cm³/mol. The molecule has 1 unspecified atom stereocenters. The molecule has 1 atom stereocenters. The molecule has 8 heteroatoms. The van der Waals surface area contributed by atoms with Crippen molar-refractivity contribution in [2.75, 3.05) is 13.1 Å². The van der Waals surface area contributed by atoms with Crippen molar-refractivity contribution in [3.8, 4) is 17.1 Å². The van der Waals surface area contributed by atoms with Crippen molar-refractivity contribution < 1.29 is 14.1 Å². The lowest BCUT2D eigenvalue weighted by atomic mass is 9.88. The van der Waals surface area contributed by atoms with Crippen molar-refractivity contribution in [1.82, 2.24) is 20.4 Å². The molecule has 1 aromatic heterocycles. The summed E-state index contributed by atoms with van der Waals surface area (Å²) in [6.45, 7) is 8.39. The van der Waals surface area contributed by atoms with Crippen molar-refractivity contribution in [2.45, 2.75) is 58.2 Å². The highest BCUT2D eigenvalue weighted by Gasteiger charge is 2.36. The number of halogens is 1. The van der Waals surface area contributed by atoms with Gasteiger partial charge in [0.05, 0.1) is 12.6 Å². The first-order valence-corrected chi connectivity index (χ1v) is 12.5. The van der Waals surface area contributed by atoms with E-state index >= 15 is 0 Å². The molecule has 35 heavy (non-hydrogen) atoms. The summed E-state index contributed by atoms with van der Waals surface area (Å²) in [5, 5.41) is 8.05. The Bertz CT molecular complexity index is 1220. The van der Waals surface area contributed by atoms with Crippen LogP contribution in [0.5, 0.6) is 5.75 Å². The molecule has 1 saturated heterocycles. The van der Waals surface area contributed by atoms with Gasteiger partial charge in [0.25, 0.3) is 0 Å². The van der Waals surface area contributed by atoms with E-state index in [2.05, 4.69) is 59.3 Å². The number of aromatic nitrogens is 2.